The van der Waals surface area contributed by atoms with Crippen molar-refractivity contribution in [1.29, 1.82) is 0 Å². The minimum Gasteiger partial charge on any atom is -0.298 e. The van der Waals surface area contributed by atoms with E-state index in [1.54, 1.807) is 41.5 Å². The molecule has 0 aromatic rings. The summed E-state index contributed by atoms with van der Waals surface area (Å²) in [6.45, 7) is 12.8. The van der Waals surface area contributed by atoms with Gasteiger partial charge in [-0.1, -0.05) is 32.6 Å². The number of carbonyl (C=O) groups excluding carboxylic acids is 2. The van der Waals surface area contributed by atoms with Gasteiger partial charge in [0.05, 0.1) is 12.3 Å². The van der Waals surface area contributed by atoms with Crippen LogP contribution in [0.25, 0.3) is 0 Å². The van der Waals surface area contributed by atoms with Crippen molar-refractivity contribution >= 4 is 11.9 Å². The lowest BCUT2D eigenvalue weighted by Crippen LogP contribution is -2.28. The van der Waals surface area contributed by atoms with E-state index in [1.165, 1.54) is 0 Å². The van der Waals surface area contributed by atoms with E-state index in [2.05, 4.69) is 6.92 Å². The first-order valence-electron chi connectivity index (χ1n) is 8.72. The highest BCUT2D eigenvalue weighted by molar-refractivity contribution is 5.79. The third-order valence-electron chi connectivity index (χ3n) is 2.91. The van der Waals surface area contributed by atoms with E-state index >= 15 is 0 Å². The molecule has 142 valence electrons. The second kappa shape index (κ2) is 10.7. The van der Waals surface area contributed by atoms with Crippen LogP contribution in [0.5, 0.6) is 0 Å². The van der Waals surface area contributed by atoms with Crippen molar-refractivity contribution in [3.63, 3.8) is 0 Å². The summed E-state index contributed by atoms with van der Waals surface area (Å²) in [5, 5.41) is 0. The van der Waals surface area contributed by atoms with Gasteiger partial charge in [-0.05, 0) is 48.0 Å². The van der Waals surface area contributed by atoms with Gasteiger partial charge in [-0.2, -0.15) is 9.78 Å². The van der Waals surface area contributed by atoms with Gasteiger partial charge in [-0.3, -0.25) is 9.78 Å². The normalized spacial score (nSPS) is 13.5. The number of rotatable bonds is 10. The van der Waals surface area contributed by atoms with Crippen molar-refractivity contribution in [2.75, 3.05) is 0 Å². The van der Waals surface area contributed by atoms with Crippen LogP contribution in [0.1, 0.15) is 87.0 Å². The molecule has 0 radical (unpaired) electrons. The Labute approximate surface area is 146 Å². The summed E-state index contributed by atoms with van der Waals surface area (Å²) in [6.07, 6.45) is 4.51. The van der Waals surface area contributed by atoms with Crippen LogP contribution in [0.4, 0.5) is 0 Å². The lowest BCUT2D eigenvalue weighted by molar-refractivity contribution is -0.327. The van der Waals surface area contributed by atoms with Gasteiger partial charge in [0.25, 0.3) is 0 Å². The molecule has 6 nitrogen and oxygen atoms in total. The molecule has 0 saturated carbocycles. The number of carbonyl (C=O) groups is 2. The zero-order valence-corrected chi connectivity index (χ0v) is 16.3. The fourth-order valence-corrected chi connectivity index (χ4v) is 1.76. The van der Waals surface area contributed by atoms with Crippen LogP contribution in [0.2, 0.25) is 0 Å². The SMILES string of the molecule is CCCCCCC(CC(=O)OOC(C)(C)C)C(=O)OOC(C)(C)C. The summed E-state index contributed by atoms with van der Waals surface area (Å²) < 4.78 is 0. The predicted octanol–water partition coefficient (Wildman–Crippen LogP) is 4.51. The largest absolute Gasteiger partial charge is 0.346 e. The second-order valence-corrected chi connectivity index (χ2v) is 8.00. The third kappa shape index (κ3) is 13.3. The first-order chi connectivity index (χ1) is 10.9. The summed E-state index contributed by atoms with van der Waals surface area (Å²) in [5.74, 6) is -1.73. The minimum atomic E-state index is -0.599. The molecule has 0 rings (SSSR count). The minimum absolute atomic E-state index is 0.0887. The fourth-order valence-electron chi connectivity index (χ4n) is 1.76. The van der Waals surface area contributed by atoms with Crippen molar-refractivity contribution in [3.8, 4) is 0 Å². The zero-order valence-electron chi connectivity index (χ0n) is 16.3. The Morgan fingerprint density at radius 3 is 1.88 bits per heavy atom. The summed E-state index contributed by atoms with van der Waals surface area (Å²) in [4.78, 5) is 43.8. The second-order valence-electron chi connectivity index (χ2n) is 8.00. The predicted molar refractivity (Wildman–Crippen MR) is 90.7 cm³/mol. The smallest absolute Gasteiger partial charge is 0.298 e. The molecule has 0 N–H and O–H groups in total. The standard InChI is InChI=1S/C18H34O6/c1-8-9-10-11-12-14(16(20)22-24-18(5,6)7)13-15(19)21-23-17(2,3)4/h14H,8-13H2,1-7H3. The van der Waals surface area contributed by atoms with Crippen molar-refractivity contribution in [1.82, 2.24) is 0 Å². The molecule has 0 aliphatic rings. The molecule has 0 aliphatic carbocycles. The highest BCUT2D eigenvalue weighted by Crippen LogP contribution is 2.20. The average Bonchev–Trinajstić information content (AvgIpc) is 2.44. The van der Waals surface area contributed by atoms with Gasteiger partial charge in [0.1, 0.15) is 11.2 Å². The van der Waals surface area contributed by atoms with Crippen LogP contribution < -0.4 is 0 Å². The van der Waals surface area contributed by atoms with Gasteiger partial charge < -0.3 is 0 Å². The Hall–Kier alpha value is -1.14. The summed E-state index contributed by atoms with van der Waals surface area (Å²) >= 11 is 0. The first-order valence-corrected chi connectivity index (χ1v) is 8.72. The summed E-state index contributed by atoms with van der Waals surface area (Å²) in [5.41, 5.74) is -1.19. The molecule has 24 heavy (non-hydrogen) atoms. The van der Waals surface area contributed by atoms with Crippen LogP contribution in [0, 0.1) is 5.92 Å². The Balaban J connectivity index is 4.55. The molecule has 0 spiro atoms. The van der Waals surface area contributed by atoms with Crippen LogP contribution >= 0.6 is 0 Å². The van der Waals surface area contributed by atoms with E-state index in [1.807, 2.05) is 0 Å². The molecular formula is C18H34O6. The van der Waals surface area contributed by atoms with Crippen molar-refractivity contribution < 1.29 is 29.1 Å². The van der Waals surface area contributed by atoms with E-state index in [9.17, 15) is 9.59 Å². The van der Waals surface area contributed by atoms with E-state index in [4.69, 9.17) is 19.6 Å². The van der Waals surface area contributed by atoms with Crippen LogP contribution in [0.15, 0.2) is 0 Å². The molecule has 0 amide bonds. The zero-order chi connectivity index (χ0) is 18.8. The van der Waals surface area contributed by atoms with Crippen LogP contribution in [-0.4, -0.2) is 23.1 Å². The molecule has 0 heterocycles. The monoisotopic (exact) mass is 346 g/mol. The molecule has 6 heteroatoms. The maximum Gasteiger partial charge on any atom is 0.346 e. The average molecular weight is 346 g/mol. The quantitative estimate of drug-likeness (QED) is 0.329. The number of hydrogen-bond acceptors (Lipinski definition) is 6. The molecule has 0 bridgehead atoms. The number of unbranched alkanes of at least 4 members (excludes halogenated alkanes) is 3. The molecule has 0 fully saturated rings. The molecule has 1 unspecified atom stereocenters. The van der Waals surface area contributed by atoms with Gasteiger partial charge in [0, 0.05) is 0 Å². The lowest BCUT2D eigenvalue weighted by Gasteiger charge is -2.20. The van der Waals surface area contributed by atoms with Crippen LogP contribution in [-0.2, 0) is 29.1 Å². The highest BCUT2D eigenvalue weighted by atomic mass is 17.2. The Bertz CT molecular complexity index is 378. The van der Waals surface area contributed by atoms with Gasteiger partial charge in [0.2, 0.25) is 0 Å². The maximum atomic E-state index is 12.2. The Morgan fingerprint density at radius 1 is 0.833 bits per heavy atom. The Kier molecular flexibility index (Phi) is 10.2. The number of hydrogen-bond donors (Lipinski definition) is 0. The third-order valence-corrected chi connectivity index (χ3v) is 2.91. The topological polar surface area (TPSA) is 71.1 Å². The molecule has 0 aliphatic heterocycles. The molecule has 0 aromatic carbocycles. The Morgan fingerprint density at radius 2 is 1.38 bits per heavy atom. The summed E-state index contributed by atoms with van der Waals surface area (Å²) in [7, 11) is 0. The van der Waals surface area contributed by atoms with E-state index in [0.29, 0.717) is 6.42 Å². The lowest BCUT2D eigenvalue weighted by atomic mass is 9.98. The highest BCUT2D eigenvalue weighted by Gasteiger charge is 2.28. The van der Waals surface area contributed by atoms with Gasteiger partial charge in [-0.15, -0.1) is 0 Å². The van der Waals surface area contributed by atoms with E-state index in [0.717, 1.165) is 25.7 Å². The van der Waals surface area contributed by atoms with Gasteiger partial charge >= 0.3 is 11.9 Å². The summed E-state index contributed by atoms with van der Waals surface area (Å²) in [6, 6.07) is 0. The first kappa shape index (κ1) is 22.9. The van der Waals surface area contributed by atoms with E-state index in [-0.39, 0.29) is 6.42 Å². The fraction of sp³-hybridized carbons (Fsp3) is 0.889. The van der Waals surface area contributed by atoms with Gasteiger partial charge in [0.15, 0.2) is 0 Å². The van der Waals surface area contributed by atoms with Crippen molar-refractivity contribution in [3.05, 3.63) is 0 Å². The molecule has 1 atom stereocenters. The van der Waals surface area contributed by atoms with Crippen molar-refractivity contribution in [2.45, 2.75) is 98.2 Å². The molecular weight excluding hydrogens is 312 g/mol. The molecule has 0 aromatic heterocycles. The van der Waals surface area contributed by atoms with E-state index < -0.39 is 29.1 Å². The maximum absolute atomic E-state index is 12.2. The van der Waals surface area contributed by atoms with Crippen LogP contribution in [0.3, 0.4) is 0 Å². The van der Waals surface area contributed by atoms with Gasteiger partial charge in [-0.25, -0.2) is 9.59 Å². The molecule has 0 saturated heterocycles. The van der Waals surface area contributed by atoms with Crippen molar-refractivity contribution in [2.24, 2.45) is 5.92 Å².